The first-order chi connectivity index (χ1) is 13.7. The molecule has 0 amide bonds. The van der Waals surface area contributed by atoms with Gasteiger partial charge in [0, 0.05) is 0 Å². The van der Waals surface area contributed by atoms with E-state index in [2.05, 4.69) is 34.8 Å². The Bertz CT molecular complexity index is 946. The Morgan fingerprint density at radius 2 is 1.89 bits per heavy atom. The van der Waals surface area contributed by atoms with Crippen LogP contribution in [0, 0.1) is 0 Å². The number of fused-ring (bicyclic) bond motifs is 1. The minimum Gasteiger partial charge on any atom is -0.490 e. The average molecular weight is 374 g/mol. The molecule has 144 valence electrons. The molecular formula is C24H26N2O2. The Morgan fingerprint density at radius 3 is 2.64 bits per heavy atom. The van der Waals surface area contributed by atoms with Crippen molar-refractivity contribution in [1.82, 2.24) is 9.97 Å². The van der Waals surface area contributed by atoms with Gasteiger partial charge in [-0.25, -0.2) is 4.98 Å². The molecule has 0 aliphatic rings. The molecule has 3 aromatic rings. The van der Waals surface area contributed by atoms with Crippen molar-refractivity contribution in [2.24, 2.45) is 0 Å². The SMILES string of the molecule is C=CCOc1ccc(-c2ccc3nc(/C=C/CCCC(C)O)cnc3c2)cc1. The van der Waals surface area contributed by atoms with E-state index in [1.165, 1.54) is 0 Å². The molecule has 0 bridgehead atoms. The summed E-state index contributed by atoms with van der Waals surface area (Å²) in [5.41, 5.74) is 4.80. The summed E-state index contributed by atoms with van der Waals surface area (Å²) in [5, 5.41) is 9.28. The van der Waals surface area contributed by atoms with Gasteiger partial charge in [-0.3, -0.25) is 4.98 Å². The molecule has 1 unspecified atom stereocenters. The normalized spacial score (nSPS) is 12.4. The molecule has 0 spiro atoms. The molecule has 4 heteroatoms. The summed E-state index contributed by atoms with van der Waals surface area (Å²) in [4.78, 5) is 9.23. The van der Waals surface area contributed by atoms with Gasteiger partial charge < -0.3 is 9.84 Å². The Kier molecular flexibility index (Phi) is 6.93. The minimum atomic E-state index is -0.237. The predicted octanol–water partition coefficient (Wildman–Crippen LogP) is 5.43. The van der Waals surface area contributed by atoms with Gasteiger partial charge in [-0.15, -0.1) is 0 Å². The van der Waals surface area contributed by atoms with Gasteiger partial charge in [0.2, 0.25) is 0 Å². The van der Waals surface area contributed by atoms with E-state index in [1.807, 2.05) is 43.3 Å². The lowest BCUT2D eigenvalue weighted by molar-refractivity contribution is 0.182. The molecule has 1 heterocycles. The molecule has 0 aliphatic carbocycles. The Morgan fingerprint density at radius 1 is 1.11 bits per heavy atom. The van der Waals surface area contributed by atoms with Crippen LogP contribution in [0.4, 0.5) is 0 Å². The molecule has 0 radical (unpaired) electrons. The molecule has 4 nitrogen and oxygen atoms in total. The highest BCUT2D eigenvalue weighted by Crippen LogP contribution is 2.25. The highest BCUT2D eigenvalue weighted by Gasteiger charge is 2.03. The van der Waals surface area contributed by atoms with Crippen molar-refractivity contribution in [1.29, 1.82) is 0 Å². The quantitative estimate of drug-likeness (QED) is 0.401. The summed E-state index contributed by atoms with van der Waals surface area (Å²) in [5.74, 6) is 0.828. The minimum absolute atomic E-state index is 0.237. The van der Waals surface area contributed by atoms with Crippen LogP contribution in [0.3, 0.4) is 0 Å². The molecule has 1 N–H and O–H groups in total. The number of benzene rings is 2. The largest absolute Gasteiger partial charge is 0.490 e. The van der Waals surface area contributed by atoms with Crippen molar-refractivity contribution in [3.63, 3.8) is 0 Å². The third-order valence-electron chi connectivity index (χ3n) is 4.40. The van der Waals surface area contributed by atoms with Crippen LogP contribution in [-0.2, 0) is 0 Å². The molecular weight excluding hydrogens is 348 g/mol. The third-order valence-corrected chi connectivity index (χ3v) is 4.40. The van der Waals surface area contributed by atoms with E-state index in [4.69, 9.17) is 4.74 Å². The maximum Gasteiger partial charge on any atom is 0.119 e. The number of aliphatic hydroxyl groups excluding tert-OH is 1. The third kappa shape index (κ3) is 5.51. The molecule has 0 saturated heterocycles. The number of aromatic nitrogens is 2. The summed E-state index contributed by atoms with van der Waals surface area (Å²) in [6.45, 7) is 5.98. The molecule has 1 atom stereocenters. The number of ether oxygens (including phenoxy) is 1. The summed E-state index contributed by atoms with van der Waals surface area (Å²) in [6.07, 6.45) is 10.1. The van der Waals surface area contributed by atoms with Crippen LogP contribution >= 0.6 is 0 Å². The van der Waals surface area contributed by atoms with Gasteiger partial charge in [0.15, 0.2) is 0 Å². The Labute approximate surface area is 166 Å². The number of nitrogens with zero attached hydrogens (tertiary/aromatic N) is 2. The molecule has 28 heavy (non-hydrogen) atoms. The summed E-state index contributed by atoms with van der Waals surface area (Å²) < 4.78 is 5.53. The molecule has 0 aliphatic heterocycles. The van der Waals surface area contributed by atoms with Crippen molar-refractivity contribution >= 4 is 17.1 Å². The average Bonchev–Trinajstić information content (AvgIpc) is 2.71. The fourth-order valence-corrected chi connectivity index (χ4v) is 2.92. The number of hydrogen-bond acceptors (Lipinski definition) is 4. The number of unbranched alkanes of at least 4 members (excludes halogenated alkanes) is 1. The lowest BCUT2D eigenvalue weighted by Gasteiger charge is -2.06. The fourth-order valence-electron chi connectivity index (χ4n) is 2.92. The van der Waals surface area contributed by atoms with Gasteiger partial charge in [-0.2, -0.15) is 0 Å². The molecule has 0 saturated carbocycles. The van der Waals surface area contributed by atoms with Gasteiger partial charge in [0.1, 0.15) is 12.4 Å². The zero-order valence-electron chi connectivity index (χ0n) is 16.2. The first kappa shape index (κ1) is 19.8. The van der Waals surface area contributed by atoms with Crippen LogP contribution in [0.15, 0.2) is 67.4 Å². The highest BCUT2D eigenvalue weighted by molar-refractivity contribution is 5.82. The van der Waals surface area contributed by atoms with E-state index >= 15 is 0 Å². The fraction of sp³-hybridized carbons (Fsp3) is 0.250. The highest BCUT2D eigenvalue weighted by atomic mass is 16.5. The maximum absolute atomic E-state index is 9.28. The van der Waals surface area contributed by atoms with E-state index < -0.39 is 0 Å². The van der Waals surface area contributed by atoms with Gasteiger partial charge >= 0.3 is 0 Å². The second-order valence-electron chi connectivity index (χ2n) is 6.80. The number of aliphatic hydroxyl groups is 1. The van der Waals surface area contributed by atoms with E-state index in [9.17, 15) is 5.11 Å². The monoisotopic (exact) mass is 374 g/mol. The Hall–Kier alpha value is -2.98. The van der Waals surface area contributed by atoms with Gasteiger partial charge in [0.25, 0.3) is 0 Å². The lowest BCUT2D eigenvalue weighted by Crippen LogP contribution is -1.97. The van der Waals surface area contributed by atoms with Crippen molar-refractivity contribution in [3.8, 4) is 16.9 Å². The smallest absolute Gasteiger partial charge is 0.119 e. The van der Waals surface area contributed by atoms with Gasteiger partial charge in [-0.05, 0) is 67.7 Å². The summed E-state index contributed by atoms with van der Waals surface area (Å²) in [6, 6.07) is 14.1. The maximum atomic E-state index is 9.28. The number of rotatable bonds is 9. The van der Waals surface area contributed by atoms with Crippen molar-refractivity contribution in [3.05, 3.63) is 73.1 Å². The number of hydrogen-bond donors (Lipinski definition) is 1. The second-order valence-corrected chi connectivity index (χ2v) is 6.80. The molecule has 0 fully saturated rings. The lowest BCUT2D eigenvalue weighted by atomic mass is 10.0. The Balaban J connectivity index is 1.70. The molecule has 2 aromatic carbocycles. The van der Waals surface area contributed by atoms with E-state index in [-0.39, 0.29) is 6.10 Å². The first-order valence-corrected chi connectivity index (χ1v) is 9.61. The molecule has 3 rings (SSSR count). The van der Waals surface area contributed by atoms with Crippen LogP contribution < -0.4 is 4.74 Å². The topological polar surface area (TPSA) is 55.2 Å². The number of allylic oxidation sites excluding steroid dienone is 1. The van der Waals surface area contributed by atoms with Crippen LogP contribution in [0.1, 0.15) is 31.9 Å². The van der Waals surface area contributed by atoms with Crippen molar-refractivity contribution in [2.45, 2.75) is 32.3 Å². The van der Waals surface area contributed by atoms with Crippen LogP contribution in [0.2, 0.25) is 0 Å². The first-order valence-electron chi connectivity index (χ1n) is 9.61. The standard InChI is InChI=1S/C24H26N2O2/c1-3-15-28-22-12-9-19(10-13-22)20-11-14-23-24(16-20)25-17-21(26-23)8-6-4-5-7-18(2)27/h3,6,8-14,16-18,27H,1,4-5,7,15H2,2H3/b8-6+. The van der Waals surface area contributed by atoms with Crippen LogP contribution in [-0.4, -0.2) is 27.8 Å². The van der Waals surface area contributed by atoms with Crippen molar-refractivity contribution < 1.29 is 9.84 Å². The second kappa shape index (κ2) is 9.81. The van der Waals surface area contributed by atoms with E-state index in [0.29, 0.717) is 6.61 Å². The zero-order valence-corrected chi connectivity index (χ0v) is 16.2. The van der Waals surface area contributed by atoms with Crippen LogP contribution in [0.25, 0.3) is 28.2 Å². The summed E-state index contributed by atoms with van der Waals surface area (Å²) >= 11 is 0. The van der Waals surface area contributed by atoms with E-state index in [1.54, 1.807) is 12.3 Å². The van der Waals surface area contributed by atoms with Gasteiger partial charge in [0.05, 0.1) is 29.0 Å². The van der Waals surface area contributed by atoms with Crippen molar-refractivity contribution in [2.75, 3.05) is 6.61 Å². The van der Waals surface area contributed by atoms with Gasteiger partial charge in [-0.1, -0.05) is 36.9 Å². The molecule has 1 aromatic heterocycles. The van der Waals surface area contributed by atoms with Crippen LogP contribution in [0.5, 0.6) is 5.75 Å². The summed E-state index contributed by atoms with van der Waals surface area (Å²) in [7, 11) is 0. The zero-order chi connectivity index (χ0) is 19.8. The van der Waals surface area contributed by atoms with E-state index in [0.717, 1.165) is 52.9 Å². The predicted molar refractivity (Wildman–Crippen MR) is 115 cm³/mol.